The molecule has 4 bridgehead atoms. The lowest BCUT2D eigenvalue weighted by atomic mass is 9.51. The number of rotatable bonds is 4. The Labute approximate surface area is 121 Å². The van der Waals surface area contributed by atoms with Crippen LogP contribution in [0.3, 0.4) is 0 Å². The van der Waals surface area contributed by atoms with E-state index in [1.165, 1.54) is 37.7 Å². The number of benzene rings is 1. The molecule has 0 spiro atoms. The first-order chi connectivity index (χ1) is 9.83. The van der Waals surface area contributed by atoms with Gasteiger partial charge in [-0.3, -0.25) is 0 Å². The van der Waals surface area contributed by atoms with Crippen molar-refractivity contribution in [2.45, 2.75) is 44.4 Å². The molecule has 4 fully saturated rings. The van der Waals surface area contributed by atoms with E-state index in [2.05, 4.69) is 29.1 Å². The summed E-state index contributed by atoms with van der Waals surface area (Å²) in [7, 11) is 0. The molecule has 0 aromatic heterocycles. The van der Waals surface area contributed by atoms with Gasteiger partial charge >= 0.3 is 0 Å². The number of hydrogen-bond acceptors (Lipinski definition) is 2. The van der Waals surface area contributed by atoms with Gasteiger partial charge < -0.3 is 4.84 Å². The molecule has 108 valence electrons. The summed E-state index contributed by atoms with van der Waals surface area (Å²) in [6.07, 6.45) is 8.46. The van der Waals surface area contributed by atoms with Crippen LogP contribution in [0.5, 0.6) is 0 Å². The van der Waals surface area contributed by atoms with Crippen LogP contribution >= 0.6 is 0 Å². The monoisotopic (exact) mass is 271 g/mol. The molecular weight excluding hydrogens is 246 g/mol. The Morgan fingerprint density at radius 1 is 0.900 bits per heavy atom. The van der Waals surface area contributed by atoms with Gasteiger partial charge in [0, 0.05) is 0 Å². The molecular formula is C18H25NO. The highest BCUT2D eigenvalue weighted by molar-refractivity contribution is 5.28. The van der Waals surface area contributed by atoms with Gasteiger partial charge in [0.15, 0.2) is 0 Å². The third kappa shape index (κ3) is 2.19. The lowest BCUT2D eigenvalue weighted by molar-refractivity contribution is -0.00278. The van der Waals surface area contributed by atoms with Crippen molar-refractivity contribution in [3.05, 3.63) is 35.4 Å². The summed E-state index contributed by atoms with van der Waals surface area (Å²) in [5, 5.41) is 0. The minimum atomic E-state index is 0.609. The van der Waals surface area contributed by atoms with Crippen LogP contribution in [0.25, 0.3) is 0 Å². The minimum Gasteiger partial charge on any atom is -0.304 e. The highest BCUT2D eigenvalue weighted by Crippen LogP contribution is 2.59. The average Bonchev–Trinajstić information content (AvgIpc) is 2.45. The molecule has 0 atom stereocenters. The van der Waals surface area contributed by atoms with Crippen molar-refractivity contribution in [1.82, 2.24) is 0 Å². The van der Waals surface area contributed by atoms with E-state index >= 15 is 0 Å². The van der Waals surface area contributed by atoms with E-state index < -0.39 is 0 Å². The van der Waals surface area contributed by atoms with E-state index in [4.69, 9.17) is 5.90 Å². The molecule has 0 radical (unpaired) electrons. The maximum Gasteiger partial charge on any atom is 0.0719 e. The highest BCUT2D eigenvalue weighted by Gasteiger charge is 2.48. The van der Waals surface area contributed by atoms with Gasteiger partial charge in [0.25, 0.3) is 0 Å². The van der Waals surface area contributed by atoms with Gasteiger partial charge in [-0.15, -0.1) is 0 Å². The summed E-state index contributed by atoms with van der Waals surface area (Å²) in [4.78, 5) is 4.67. The Hall–Kier alpha value is -0.860. The zero-order valence-corrected chi connectivity index (χ0v) is 12.1. The Kier molecular flexibility index (Phi) is 3.31. The molecule has 1 aromatic carbocycles. The number of hydrogen-bond donors (Lipinski definition) is 1. The zero-order chi connectivity index (χ0) is 13.5. The second kappa shape index (κ2) is 5.16. The van der Waals surface area contributed by atoms with Crippen LogP contribution in [0.15, 0.2) is 24.3 Å². The van der Waals surface area contributed by atoms with Crippen molar-refractivity contribution in [2.75, 3.05) is 6.61 Å². The van der Waals surface area contributed by atoms with Crippen molar-refractivity contribution in [3.8, 4) is 0 Å². The summed E-state index contributed by atoms with van der Waals surface area (Å²) < 4.78 is 0. The topological polar surface area (TPSA) is 35.2 Å². The van der Waals surface area contributed by atoms with Crippen LogP contribution < -0.4 is 5.90 Å². The third-order valence-corrected chi connectivity index (χ3v) is 6.10. The quantitative estimate of drug-likeness (QED) is 0.848. The van der Waals surface area contributed by atoms with Crippen LogP contribution in [-0.4, -0.2) is 6.61 Å². The molecule has 1 aromatic rings. The molecule has 0 unspecified atom stereocenters. The fourth-order valence-corrected chi connectivity index (χ4v) is 5.55. The van der Waals surface area contributed by atoms with E-state index in [1.807, 2.05) is 0 Å². The van der Waals surface area contributed by atoms with Gasteiger partial charge in [-0.2, -0.15) is 0 Å². The molecule has 0 heterocycles. The Morgan fingerprint density at radius 3 is 2.05 bits per heavy atom. The van der Waals surface area contributed by atoms with E-state index in [0.717, 1.165) is 36.0 Å². The van der Waals surface area contributed by atoms with E-state index in [1.54, 1.807) is 5.56 Å². The molecule has 2 nitrogen and oxygen atoms in total. The third-order valence-electron chi connectivity index (χ3n) is 6.10. The molecule has 5 rings (SSSR count). The van der Waals surface area contributed by atoms with E-state index in [-0.39, 0.29) is 0 Å². The van der Waals surface area contributed by atoms with Crippen LogP contribution in [0.1, 0.15) is 49.1 Å². The Morgan fingerprint density at radius 2 is 1.50 bits per heavy atom. The van der Waals surface area contributed by atoms with Gasteiger partial charge in [0.05, 0.1) is 6.61 Å². The van der Waals surface area contributed by atoms with Crippen LogP contribution in [-0.2, 0) is 11.3 Å². The van der Waals surface area contributed by atoms with Gasteiger partial charge in [-0.1, -0.05) is 24.3 Å². The van der Waals surface area contributed by atoms with E-state index in [0.29, 0.717) is 6.61 Å². The average molecular weight is 271 g/mol. The van der Waals surface area contributed by atoms with Crippen LogP contribution in [0.2, 0.25) is 0 Å². The van der Waals surface area contributed by atoms with Crippen molar-refractivity contribution < 1.29 is 4.84 Å². The van der Waals surface area contributed by atoms with Crippen LogP contribution in [0.4, 0.5) is 0 Å². The number of nitrogens with two attached hydrogens (primary N) is 1. The molecule has 4 aliphatic rings. The first-order valence-corrected chi connectivity index (χ1v) is 8.24. The maximum atomic E-state index is 5.10. The van der Waals surface area contributed by atoms with Gasteiger partial charge in [-0.05, 0) is 79.2 Å². The lowest BCUT2D eigenvalue weighted by Gasteiger charge is -2.54. The normalized spacial score (nSPS) is 38.4. The van der Waals surface area contributed by atoms with Crippen molar-refractivity contribution in [2.24, 2.45) is 29.6 Å². The van der Waals surface area contributed by atoms with E-state index in [9.17, 15) is 0 Å². The highest BCUT2D eigenvalue weighted by atomic mass is 16.6. The summed E-state index contributed by atoms with van der Waals surface area (Å²) in [6, 6.07) is 9.30. The summed E-state index contributed by atoms with van der Waals surface area (Å²) in [5.41, 5.74) is 2.93. The zero-order valence-electron chi connectivity index (χ0n) is 12.1. The molecule has 0 amide bonds. The first-order valence-electron chi connectivity index (χ1n) is 8.24. The standard InChI is InChI=1S/C18H25NO/c19-20-6-5-12-1-3-15(4-2-12)18-16-8-13-7-14(10-16)11-17(18)9-13/h1-4,13-14,16-18H,5-11,19H2. The van der Waals surface area contributed by atoms with Gasteiger partial charge in [0.2, 0.25) is 0 Å². The summed E-state index contributed by atoms with van der Waals surface area (Å²) in [6.45, 7) is 0.609. The fourth-order valence-electron chi connectivity index (χ4n) is 5.55. The molecule has 4 saturated carbocycles. The Balaban J connectivity index is 1.52. The maximum absolute atomic E-state index is 5.10. The molecule has 0 saturated heterocycles. The fraction of sp³-hybridized carbons (Fsp3) is 0.667. The van der Waals surface area contributed by atoms with Gasteiger partial charge in [-0.25, -0.2) is 5.90 Å². The SMILES string of the molecule is NOCCc1ccc(C2C3CC4CC(C3)CC2C4)cc1. The first kappa shape index (κ1) is 12.8. The van der Waals surface area contributed by atoms with Crippen molar-refractivity contribution >= 4 is 0 Å². The summed E-state index contributed by atoms with van der Waals surface area (Å²) >= 11 is 0. The molecule has 0 aliphatic heterocycles. The Bertz CT molecular complexity index is 439. The van der Waals surface area contributed by atoms with Crippen LogP contribution in [0, 0.1) is 23.7 Å². The summed E-state index contributed by atoms with van der Waals surface area (Å²) in [5.74, 6) is 10.0. The van der Waals surface area contributed by atoms with Crippen molar-refractivity contribution in [3.63, 3.8) is 0 Å². The second-order valence-corrected chi connectivity index (χ2v) is 7.32. The smallest absolute Gasteiger partial charge is 0.0719 e. The predicted molar refractivity (Wildman–Crippen MR) is 80.1 cm³/mol. The molecule has 2 N–H and O–H groups in total. The molecule has 20 heavy (non-hydrogen) atoms. The predicted octanol–water partition coefficient (Wildman–Crippen LogP) is 3.66. The minimum absolute atomic E-state index is 0.609. The second-order valence-electron chi connectivity index (χ2n) is 7.32. The lowest BCUT2D eigenvalue weighted by Crippen LogP contribution is -2.43. The van der Waals surface area contributed by atoms with Gasteiger partial charge in [0.1, 0.15) is 0 Å². The largest absolute Gasteiger partial charge is 0.304 e. The molecule has 4 aliphatic carbocycles. The molecule has 2 heteroatoms. The van der Waals surface area contributed by atoms with Crippen molar-refractivity contribution in [1.29, 1.82) is 0 Å².